The molecule has 1 aromatic carbocycles. The molecule has 0 aliphatic heterocycles. The molecule has 0 radical (unpaired) electrons. The van der Waals surface area contributed by atoms with Crippen LogP contribution < -0.4 is 0 Å². The van der Waals surface area contributed by atoms with Crippen molar-refractivity contribution in [2.45, 2.75) is 0 Å². The van der Waals surface area contributed by atoms with Gasteiger partial charge in [-0.2, -0.15) is 0 Å². The summed E-state index contributed by atoms with van der Waals surface area (Å²) in [5.74, 6) is -0.161. The van der Waals surface area contributed by atoms with E-state index in [2.05, 4.69) is 0 Å². The van der Waals surface area contributed by atoms with Crippen molar-refractivity contribution >= 4 is 5.91 Å². The number of carbonyl (C=O) groups excluding carboxylic acids is 1. The molecule has 0 aliphatic rings. The topological polar surface area (TPSA) is 34.5 Å². The average Bonchev–Trinajstić information content (AvgIpc) is 2.91. The SMILES string of the molecule is CON(C)C(=O)c1ccc(-n2cccc2)cc1. The molecule has 4 heteroatoms. The van der Waals surface area contributed by atoms with Crippen LogP contribution in [0.25, 0.3) is 5.69 Å². The Morgan fingerprint density at radius 3 is 2.29 bits per heavy atom. The van der Waals surface area contributed by atoms with Crippen LogP contribution in [0.2, 0.25) is 0 Å². The second-order valence-corrected chi connectivity index (χ2v) is 3.62. The van der Waals surface area contributed by atoms with Gasteiger partial charge in [-0.25, -0.2) is 5.06 Å². The molecule has 0 saturated heterocycles. The van der Waals surface area contributed by atoms with Gasteiger partial charge in [0.1, 0.15) is 0 Å². The van der Waals surface area contributed by atoms with Crippen molar-refractivity contribution in [2.24, 2.45) is 0 Å². The lowest BCUT2D eigenvalue weighted by molar-refractivity contribution is -0.0756. The molecule has 0 spiro atoms. The van der Waals surface area contributed by atoms with Gasteiger partial charge in [0, 0.05) is 30.7 Å². The molecule has 4 nitrogen and oxygen atoms in total. The molecule has 0 atom stereocenters. The van der Waals surface area contributed by atoms with Gasteiger partial charge >= 0.3 is 0 Å². The van der Waals surface area contributed by atoms with E-state index < -0.39 is 0 Å². The molecular weight excluding hydrogens is 216 g/mol. The van der Waals surface area contributed by atoms with Crippen LogP contribution >= 0.6 is 0 Å². The maximum Gasteiger partial charge on any atom is 0.277 e. The van der Waals surface area contributed by atoms with Crippen LogP contribution in [0.4, 0.5) is 0 Å². The van der Waals surface area contributed by atoms with Gasteiger partial charge < -0.3 is 4.57 Å². The number of benzene rings is 1. The van der Waals surface area contributed by atoms with Crippen molar-refractivity contribution < 1.29 is 9.63 Å². The third-order valence-corrected chi connectivity index (χ3v) is 2.58. The first-order chi connectivity index (χ1) is 8.22. The summed E-state index contributed by atoms with van der Waals surface area (Å²) < 4.78 is 1.98. The first-order valence-electron chi connectivity index (χ1n) is 5.28. The van der Waals surface area contributed by atoms with Crippen molar-refractivity contribution in [3.05, 3.63) is 54.4 Å². The van der Waals surface area contributed by atoms with Crippen molar-refractivity contribution in [1.29, 1.82) is 0 Å². The lowest BCUT2D eigenvalue weighted by Gasteiger charge is -2.13. The molecule has 88 valence electrons. The van der Waals surface area contributed by atoms with Crippen LogP contribution in [-0.2, 0) is 4.84 Å². The van der Waals surface area contributed by atoms with Crippen LogP contribution in [-0.4, -0.2) is 29.7 Å². The summed E-state index contributed by atoms with van der Waals surface area (Å²) in [6.45, 7) is 0. The summed E-state index contributed by atoms with van der Waals surface area (Å²) in [4.78, 5) is 16.6. The van der Waals surface area contributed by atoms with Gasteiger partial charge in [0.15, 0.2) is 0 Å². The maximum absolute atomic E-state index is 11.8. The minimum atomic E-state index is -0.161. The van der Waals surface area contributed by atoms with Gasteiger partial charge in [0.25, 0.3) is 5.91 Å². The lowest BCUT2D eigenvalue weighted by atomic mass is 10.2. The Kier molecular flexibility index (Phi) is 3.25. The Balaban J connectivity index is 2.22. The standard InChI is InChI=1S/C13H14N2O2/c1-14(17-2)13(16)11-5-7-12(8-6-11)15-9-3-4-10-15/h3-10H,1-2H3. The molecule has 1 amide bonds. The van der Waals surface area contributed by atoms with Crippen molar-refractivity contribution in [2.75, 3.05) is 14.2 Å². The van der Waals surface area contributed by atoms with Gasteiger partial charge in [-0.1, -0.05) is 0 Å². The van der Waals surface area contributed by atoms with Gasteiger partial charge in [0.2, 0.25) is 0 Å². The highest BCUT2D eigenvalue weighted by Crippen LogP contribution is 2.11. The summed E-state index contributed by atoms with van der Waals surface area (Å²) in [6.07, 6.45) is 3.91. The molecule has 17 heavy (non-hydrogen) atoms. The zero-order valence-electron chi connectivity index (χ0n) is 9.83. The molecule has 0 fully saturated rings. The third kappa shape index (κ3) is 2.37. The predicted molar refractivity (Wildman–Crippen MR) is 64.9 cm³/mol. The molecule has 0 saturated carbocycles. The Morgan fingerprint density at radius 2 is 1.76 bits per heavy atom. The molecular formula is C13H14N2O2. The molecule has 0 bridgehead atoms. The van der Waals surface area contributed by atoms with E-state index in [1.807, 2.05) is 41.2 Å². The Hall–Kier alpha value is -2.07. The van der Waals surface area contributed by atoms with Crippen LogP contribution in [0.3, 0.4) is 0 Å². The van der Waals surface area contributed by atoms with E-state index in [0.29, 0.717) is 5.56 Å². The quantitative estimate of drug-likeness (QED) is 0.757. The Labute approximate surface area is 100.0 Å². The highest BCUT2D eigenvalue weighted by molar-refractivity contribution is 5.93. The summed E-state index contributed by atoms with van der Waals surface area (Å²) in [6, 6.07) is 11.3. The number of nitrogens with zero attached hydrogens (tertiary/aromatic N) is 2. The van der Waals surface area contributed by atoms with E-state index in [9.17, 15) is 4.79 Å². The van der Waals surface area contributed by atoms with E-state index in [4.69, 9.17) is 4.84 Å². The highest BCUT2D eigenvalue weighted by Gasteiger charge is 2.10. The zero-order chi connectivity index (χ0) is 12.3. The van der Waals surface area contributed by atoms with Crippen molar-refractivity contribution in [3.8, 4) is 5.69 Å². The van der Waals surface area contributed by atoms with E-state index in [-0.39, 0.29) is 5.91 Å². The van der Waals surface area contributed by atoms with E-state index in [1.54, 1.807) is 19.2 Å². The Morgan fingerprint density at radius 1 is 1.18 bits per heavy atom. The average molecular weight is 230 g/mol. The summed E-state index contributed by atoms with van der Waals surface area (Å²) in [7, 11) is 3.05. The molecule has 2 aromatic rings. The first kappa shape index (κ1) is 11.4. The number of hydroxylamine groups is 2. The second-order valence-electron chi connectivity index (χ2n) is 3.62. The minimum absolute atomic E-state index is 0.161. The Bertz CT molecular complexity index is 489. The number of carbonyl (C=O) groups is 1. The maximum atomic E-state index is 11.8. The summed E-state index contributed by atoms with van der Waals surface area (Å²) >= 11 is 0. The van der Waals surface area contributed by atoms with Crippen molar-refractivity contribution in [3.63, 3.8) is 0 Å². The lowest BCUT2D eigenvalue weighted by Crippen LogP contribution is -2.25. The smallest absolute Gasteiger partial charge is 0.277 e. The van der Waals surface area contributed by atoms with Crippen LogP contribution in [0.1, 0.15) is 10.4 Å². The summed E-state index contributed by atoms with van der Waals surface area (Å²) in [5, 5.41) is 1.20. The van der Waals surface area contributed by atoms with E-state index >= 15 is 0 Å². The second kappa shape index (κ2) is 4.84. The van der Waals surface area contributed by atoms with Crippen LogP contribution in [0, 0.1) is 0 Å². The molecule has 0 aliphatic carbocycles. The van der Waals surface area contributed by atoms with Crippen LogP contribution in [0.5, 0.6) is 0 Å². The minimum Gasteiger partial charge on any atom is -0.324 e. The molecule has 0 unspecified atom stereocenters. The van der Waals surface area contributed by atoms with Gasteiger partial charge in [-0.15, -0.1) is 0 Å². The molecule has 1 heterocycles. The van der Waals surface area contributed by atoms with Gasteiger partial charge in [-0.3, -0.25) is 9.63 Å². The first-order valence-corrected chi connectivity index (χ1v) is 5.28. The fourth-order valence-corrected chi connectivity index (χ4v) is 1.55. The van der Waals surface area contributed by atoms with Gasteiger partial charge in [0.05, 0.1) is 7.11 Å². The van der Waals surface area contributed by atoms with Crippen molar-refractivity contribution in [1.82, 2.24) is 9.63 Å². The number of hydrogen-bond donors (Lipinski definition) is 0. The normalized spacial score (nSPS) is 10.2. The number of amides is 1. The molecule has 1 aromatic heterocycles. The van der Waals surface area contributed by atoms with Gasteiger partial charge in [-0.05, 0) is 36.4 Å². The van der Waals surface area contributed by atoms with E-state index in [0.717, 1.165) is 5.69 Å². The number of hydrogen-bond acceptors (Lipinski definition) is 2. The third-order valence-electron chi connectivity index (χ3n) is 2.58. The highest BCUT2D eigenvalue weighted by atomic mass is 16.7. The number of aromatic nitrogens is 1. The monoisotopic (exact) mass is 230 g/mol. The summed E-state index contributed by atoms with van der Waals surface area (Å²) in [5.41, 5.74) is 1.62. The molecule has 0 N–H and O–H groups in total. The predicted octanol–water partition coefficient (Wildman–Crippen LogP) is 2.11. The fourth-order valence-electron chi connectivity index (χ4n) is 1.55. The van der Waals surface area contributed by atoms with Crippen LogP contribution in [0.15, 0.2) is 48.8 Å². The van der Waals surface area contributed by atoms with E-state index in [1.165, 1.54) is 12.2 Å². The zero-order valence-corrected chi connectivity index (χ0v) is 9.83. The molecule has 2 rings (SSSR count). The fraction of sp³-hybridized carbons (Fsp3) is 0.154. The largest absolute Gasteiger partial charge is 0.324 e. The number of rotatable bonds is 3.